The van der Waals surface area contributed by atoms with E-state index in [0.717, 1.165) is 24.3 Å². The van der Waals surface area contributed by atoms with Gasteiger partial charge in [0.2, 0.25) is 15.8 Å². The summed E-state index contributed by atoms with van der Waals surface area (Å²) in [6.45, 7) is -1.36. The van der Waals surface area contributed by atoms with Crippen molar-refractivity contribution in [2.24, 2.45) is 0 Å². The van der Waals surface area contributed by atoms with Crippen LogP contribution in [0.25, 0.3) is 0 Å². The Bertz CT molecular complexity index is 1050. The average molecular weight is 434 g/mol. The van der Waals surface area contributed by atoms with Crippen LogP contribution in [0, 0.1) is 40.4 Å². The number of esters is 1. The number of benzene rings is 2. The third kappa shape index (κ3) is 4.87. The van der Waals surface area contributed by atoms with E-state index in [1.165, 1.54) is 0 Å². The fraction of sp³-hybridized carbons (Fsp3) is 0.176. The van der Waals surface area contributed by atoms with Gasteiger partial charge >= 0.3 is 5.97 Å². The van der Waals surface area contributed by atoms with Crippen LogP contribution in [0.2, 0.25) is 0 Å². The van der Waals surface area contributed by atoms with Crippen LogP contribution in [0.4, 0.5) is 22.0 Å². The molecule has 0 atom stereocenters. The number of carbonyl (C=O) groups excluding carboxylic acids is 1. The van der Waals surface area contributed by atoms with Crippen molar-refractivity contribution in [2.45, 2.75) is 17.9 Å². The fourth-order valence-electron chi connectivity index (χ4n) is 2.09. The molecule has 0 aliphatic heterocycles. The molecule has 0 fully saturated rings. The van der Waals surface area contributed by atoms with Crippen molar-refractivity contribution < 1.29 is 39.9 Å². The summed E-state index contributed by atoms with van der Waals surface area (Å²) in [5.41, 5.74) is -1.56. The largest absolute Gasteiger partial charge is 0.457 e. The average Bonchev–Trinajstić information content (AvgIpc) is 2.70. The summed E-state index contributed by atoms with van der Waals surface area (Å²) in [5, 5.41) is 8.40. The van der Waals surface area contributed by atoms with Crippen LogP contribution in [0.3, 0.4) is 0 Å². The van der Waals surface area contributed by atoms with Crippen LogP contribution in [0.5, 0.6) is 0 Å². The zero-order chi connectivity index (χ0) is 21.8. The van der Waals surface area contributed by atoms with E-state index in [-0.39, 0.29) is 23.4 Å². The number of hydrogen-bond acceptors (Lipinski definition) is 5. The molecule has 0 unspecified atom stereocenters. The monoisotopic (exact) mass is 434 g/mol. The van der Waals surface area contributed by atoms with E-state index in [4.69, 9.17) is 5.26 Å². The van der Waals surface area contributed by atoms with Crippen molar-refractivity contribution >= 4 is 16.0 Å². The first-order valence-corrected chi connectivity index (χ1v) is 9.22. The van der Waals surface area contributed by atoms with Gasteiger partial charge in [-0.1, -0.05) is 0 Å². The fourth-order valence-corrected chi connectivity index (χ4v) is 3.12. The standard InChI is InChI=1S/C17H11F5N2O4S/c18-12-11(13(19)15(21)16(22)14(12)20)8-28-17(25)9-2-4-10(5-3-9)29(26,27)24-7-1-6-23/h2-5,24H,1,7-8H2. The maximum absolute atomic E-state index is 13.6. The topological polar surface area (TPSA) is 96.3 Å². The first-order valence-electron chi connectivity index (χ1n) is 7.74. The van der Waals surface area contributed by atoms with Gasteiger partial charge in [0, 0.05) is 13.0 Å². The highest BCUT2D eigenvalue weighted by Crippen LogP contribution is 2.24. The smallest absolute Gasteiger partial charge is 0.338 e. The van der Waals surface area contributed by atoms with Gasteiger partial charge in [0.15, 0.2) is 23.3 Å². The number of hydrogen-bond donors (Lipinski definition) is 1. The van der Waals surface area contributed by atoms with Gasteiger partial charge in [-0.25, -0.2) is 39.9 Å². The first kappa shape index (κ1) is 22.3. The molecule has 0 bridgehead atoms. The molecule has 0 aliphatic carbocycles. The van der Waals surface area contributed by atoms with Crippen molar-refractivity contribution in [3.63, 3.8) is 0 Å². The Morgan fingerprint density at radius 1 is 0.966 bits per heavy atom. The number of sulfonamides is 1. The molecule has 1 N–H and O–H groups in total. The molecule has 2 rings (SSSR count). The van der Waals surface area contributed by atoms with Crippen LogP contribution in [0.1, 0.15) is 22.3 Å². The highest BCUT2D eigenvalue weighted by atomic mass is 32.2. The molecule has 0 saturated heterocycles. The summed E-state index contributed by atoms with van der Waals surface area (Å²) in [4.78, 5) is 11.7. The van der Waals surface area contributed by atoms with E-state index in [9.17, 15) is 35.2 Å². The number of ether oxygens (including phenoxy) is 1. The van der Waals surface area contributed by atoms with Gasteiger partial charge in [-0.15, -0.1) is 0 Å². The summed E-state index contributed by atoms with van der Waals surface area (Å²) in [5.74, 6) is -12.1. The minimum atomic E-state index is -3.93. The number of nitrogens with zero attached hydrogens (tertiary/aromatic N) is 1. The zero-order valence-electron chi connectivity index (χ0n) is 14.3. The van der Waals surface area contributed by atoms with Crippen molar-refractivity contribution in [1.29, 1.82) is 5.26 Å². The van der Waals surface area contributed by atoms with Crippen molar-refractivity contribution in [2.75, 3.05) is 6.54 Å². The van der Waals surface area contributed by atoms with Crippen LogP contribution < -0.4 is 4.72 Å². The van der Waals surface area contributed by atoms with E-state index in [2.05, 4.69) is 9.46 Å². The molecular formula is C17H11F5N2O4S. The van der Waals surface area contributed by atoms with Crippen molar-refractivity contribution in [1.82, 2.24) is 4.72 Å². The summed E-state index contributed by atoms with van der Waals surface area (Å²) >= 11 is 0. The molecule has 29 heavy (non-hydrogen) atoms. The Morgan fingerprint density at radius 2 is 1.48 bits per heavy atom. The molecule has 0 aliphatic rings. The second-order valence-electron chi connectivity index (χ2n) is 5.45. The second kappa shape index (κ2) is 8.97. The van der Waals surface area contributed by atoms with Gasteiger partial charge in [0.1, 0.15) is 6.61 Å². The summed E-state index contributed by atoms with van der Waals surface area (Å²) in [7, 11) is -3.93. The van der Waals surface area contributed by atoms with E-state index < -0.39 is 57.2 Å². The maximum Gasteiger partial charge on any atom is 0.338 e. The molecule has 0 amide bonds. The molecule has 12 heteroatoms. The summed E-state index contributed by atoms with van der Waals surface area (Å²) < 4.78 is 97.0. The van der Waals surface area contributed by atoms with E-state index in [1.807, 2.05) is 0 Å². The van der Waals surface area contributed by atoms with Gasteiger partial charge < -0.3 is 4.74 Å². The van der Waals surface area contributed by atoms with E-state index >= 15 is 0 Å². The lowest BCUT2D eigenvalue weighted by atomic mass is 10.2. The first-order chi connectivity index (χ1) is 13.6. The Balaban J connectivity index is 2.13. The molecular weight excluding hydrogens is 423 g/mol. The lowest BCUT2D eigenvalue weighted by Crippen LogP contribution is -2.24. The van der Waals surface area contributed by atoms with Crippen LogP contribution >= 0.6 is 0 Å². The lowest BCUT2D eigenvalue weighted by Gasteiger charge is -2.10. The summed E-state index contributed by atoms with van der Waals surface area (Å²) in [6, 6.07) is 5.87. The maximum atomic E-state index is 13.6. The number of rotatable bonds is 7. The molecule has 0 aromatic heterocycles. The minimum Gasteiger partial charge on any atom is -0.457 e. The quantitative estimate of drug-likeness (QED) is 0.238. The number of nitriles is 1. The highest BCUT2D eigenvalue weighted by Gasteiger charge is 2.26. The van der Waals surface area contributed by atoms with Crippen molar-refractivity contribution in [3.8, 4) is 6.07 Å². The molecule has 0 saturated carbocycles. The molecule has 0 radical (unpaired) electrons. The Kier molecular flexibility index (Phi) is 6.89. The van der Waals surface area contributed by atoms with Gasteiger partial charge in [-0.05, 0) is 24.3 Å². The predicted octanol–water partition coefficient (Wildman–Crippen LogP) is 2.93. The van der Waals surface area contributed by atoms with Gasteiger partial charge in [-0.2, -0.15) is 5.26 Å². The normalized spacial score (nSPS) is 11.2. The number of carbonyl (C=O) groups is 1. The minimum absolute atomic E-state index is 0.0542. The van der Waals surface area contributed by atoms with Crippen LogP contribution in [-0.2, 0) is 21.4 Å². The summed E-state index contributed by atoms with van der Waals surface area (Å²) in [6.07, 6.45) is -0.0542. The zero-order valence-corrected chi connectivity index (χ0v) is 15.1. The van der Waals surface area contributed by atoms with Crippen LogP contribution in [-0.4, -0.2) is 20.9 Å². The third-order valence-corrected chi connectivity index (χ3v) is 5.05. The second-order valence-corrected chi connectivity index (χ2v) is 7.22. The highest BCUT2D eigenvalue weighted by molar-refractivity contribution is 7.89. The van der Waals surface area contributed by atoms with Gasteiger partial charge in [-0.3, -0.25) is 0 Å². The Hall–Kier alpha value is -3.04. The van der Waals surface area contributed by atoms with Gasteiger partial charge in [0.25, 0.3) is 0 Å². The van der Waals surface area contributed by atoms with Crippen molar-refractivity contribution in [3.05, 3.63) is 64.5 Å². The van der Waals surface area contributed by atoms with E-state index in [1.54, 1.807) is 6.07 Å². The lowest BCUT2D eigenvalue weighted by molar-refractivity contribution is 0.0462. The molecule has 0 spiro atoms. The third-order valence-electron chi connectivity index (χ3n) is 3.58. The molecule has 2 aromatic carbocycles. The molecule has 154 valence electrons. The Labute approximate surface area is 161 Å². The molecule has 0 heterocycles. The Morgan fingerprint density at radius 3 is 2.00 bits per heavy atom. The molecule has 2 aromatic rings. The molecule has 6 nitrogen and oxygen atoms in total. The number of nitrogens with one attached hydrogen (secondary N) is 1. The SMILES string of the molecule is N#CCCNS(=O)(=O)c1ccc(C(=O)OCc2c(F)c(F)c(F)c(F)c2F)cc1. The van der Waals surface area contributed by atoms with E-state index in [0.29, 0.717) is 0 Å². The number of halogens is 5. The van der Waals surface area contributed by atoms with Crippen LogP contribution in [0.15, 0.2) is 29.2 Å². The predicted molar refractivity (Wildman–Crippen MR) is 87.2 cm³/mol. The van der Waals surface area contributed by atoms with Gasteiger partial charge in [0.05, 0.1) is 22.1 Å².